The van der Waals surface area contributed by atoms with Gasteiger partial charge in [-0.25, -0.2) is 4.68 Å². The molecule has 0 saturated carbocycles. The van der Waals surface area contributed by atoms with Gasteiger partial charge in [0.1, 0.15) is 6.33 Å². The fraction of sp³-hybridized carbons (Fsp3) is 0.111. The summed E-state index contributed by atoms with van der Waals surface area (Å²) in [7, 11) is 0. The third-order valence-corrected chi connectivity index (χ3v) is 1.98. The Hall–Kier alpha value is -2.45. The lowest BCUT2D eigenvalue weighted by Crippen LogP contribution is -2.29. The van der Waals surface area contributed by atoms with Gasteiger partial charge in [0, 0.05) is 5.69 Å². The number of amides is 1. The van der Waals surface area contributed by atoms with Crippen LogP contribution in [0, 0.1) is 0 Å². The predicted molar refractivity (Wildman–Crippen MR) is 53.8 cm³/mol. The first-order chi connectivity index (χ1) is 8.47. The van der Waals surface area contributed by atoms with Crippen LogP contribution in [0.3, 0.4) is 0 Å². The maximum Gasteiger partial charge on any atom is 0.471 e. The third kappa shape index (κ3) is 2.62. The Balaban J connectivity index is 2.21. The molecule has 1 N–H and O–H groups in total. The number of hydrogen-bond donors (Lipinski definition) is 1. The van der Waals surface area contributed by atoms with Gasteiger partial charge in [-0.3, -0.25) is 4.79 Å². The van der Waals surface area contributed by atoms with E-state index in [9.17, 15) is 18.0 Å². The van der Waals surface area contributed by atoms with E-state index in [1.807, 2.05) is 0 Å². The van der Waals surface area contributed by atoms with Gasteiger partial charge in [0.25, 0.3) is 0 Å². The molecule has 6 nitrogen and oxygen atoms in total. The molecule has 0 spiro atoms. The predicted octanol–water partition coefficient (Wildman–Crippen LogP) is 1.16. The molecule has 2 rings (SSSR count). The molecule has 0 aliphatic heterocycles. The summed E-state index contributed by atoms with van der Waals surface area (Å²) >= 11 is 0. The molecule has 1 heterocycles. The van der Waals surface area contributed by atoms with E-state index in [-0.39, 0.29) is 5.69 Å². The zero-order valence-electron chi connectivity index (χ0n) is 8.72. The summed E-state index contributed by atoms with van der Waals surface area (Å²) in [5.74, 6) is -2.03. The second kappa shape index (κ2) is 4.43. The first kappa shape index (κ1) is 12.0. The van der Waals surface area contributed by atoms with Crippen LogP contribution in [0.4, 0.5) is 18.9 Å². The fourth-order valence-electron chi connectivity index (χ4n) is 1.21. The van der Waals surface area contributed by atoms with Gasteiger partial charge < -0.3 is 5.32 Å². The number of alkyl halides is 3. The molecular weight excluding hydrogens is 251 g/mol. The molecule has 0 aliphatic rings. The van der Waals surface area contributed by atoms with Crippen LogP contribution in [-0.4, -0.2) is 32.3 Å². The molecule has 2 aromatic rings. The maximum absolute atomic E-state index is 12.1. The Labute approximate surface area is 98.4 Å². The van der Waals surface area contributed by atoms with Crippen LogP contribution >= 0.6 is 0 Å². The van der Waals surface area contributed by atoms with Crippen LogP contribution in [0.25, 0.3) is 5.69 Å². The Morgan fingerprint density at radius 3 is 2.72 bits per heavy atom. The Morgan fingerprint density at radius 1 is 1.33 bits per heavy atom. The zero-order valence-corrected chi connectivity index (χ0v) is 8.72. The van der Waals surface area contributed by atoms with Crippen molar-refractivity contribution in [2.75, 3.05) is 5.32 Å². The average molecular weight is 257 g/mol. The second-order valence-electron chi connectivity index (χ2n) is 3.26. The van der Waals surface area contributed by atoms with E-state index < -0.39 is 12.1 Å². The molecule has 1 aromatic carbocycles. The molecule has 94 valence electrons. The van der Waals surface area contributed by atoms with Crippen molar-refractivity contribution in [1.82, 2.24) is 20.2 Å². The van der Waals surface area contributed by atoms with E-state index in [1.54, 1.807) is 11.4 Å². The minimum Gasteiger partial charge on any atom is -0.318 e. The summed E-state index contributed by atoms with van der Waals surface area (Å²) in [6.07, 6.45) is -3.64. The number of halogens is 3. The maximum atomic E-state index is 12.1. The average Bonchev–Trinajstić information content (AvgIpc) is 2.81. The minimum atomic E-state index is -4.93. The highest BCUT2D eigenvalue weighted by Gasteiger charge is 2.38. The van der Waals surface area contributed by atoms with E-state index in [2.05, 4.69) is 15.5 Å². The van der Waals surface area contributed by atoms with Crippen LogP contribution < -0.4 is 5.32 Å². The van der Waals surface area contributed by atoms with Crippen LogP contribution in [-0.2, 0) is 4.79 Å². The molecule has 0 saturated heterocycles. The van der Waals surface area contributed by atoms with Crippen molar-refractivity contribution in [3.05, 3.63) is 30.6 Å². The van der Waals surface area contributed by atoms with Crippen LogP contribution in [0.2, 0.25) is 0 Å². The molecule has 1 amide bonds. The van der Waals surface area contributed by atoms with E-state index in [4.69, 9.17) is 0 Å². The molecule has 0 unspecified atom stereocenters. The van der Waals surface area contributed by atoms with Crippen LogP contribution in [0.15, 0.2) is 30.6 Å². The van der Waals surface area contributed by atoms with Crippen molar-refractivity contribution in [2.24, 2.45) is 0 Å². The molecular formula is C9H6F3N5O. The number of aromatic nitrogens is 4. The lowest BCUT2D eigenvalue weighted by molar-refractivity contribution is -0.167. The van der Waals surface area contributed by atoms with Crippen molar-refractivity contribution < 1.29 is 18.0 Å². The number of rotatable bonds is 2. The number of benzene rings is 1. The smallest absolute Gasteiger partial charge is 0.318 e. The van der Waals surface area contributed by atoms with Crippen LogP contribution in [0.5, 0.6) is 0 Å². The zero-order chi connectivity index (χ0) is 13.2. The standard InChI is InChI=1S/C9H6F3N5O/c10-9(11,12)8(18)14-6-2-1-3-7(4-6)17-5-13-15-16-17/h1-5H,(H,14,18). The molecule has 0 radical (unpaired) electrons. The molecule has 0 atom stereocenters. The number of hydrogen-bond acceptors (Lipinski definition) is 4. The van der Waals surface area contributed by atoms with Gasteiger partial charge in [-0.2, -0.15) is 13.2 Å². The van der Waals surface area contributed by atoms with E-state index >= 15 is 0 Å². The van der Waals surface area contributed by atoms with Crippen molar-refractivity contribution >= 4 is 11.6 Å². The number of carbonyl (C=O) groups excluding carboxylic acids is 1. The monoisotopic (exact) mass is 257 g/mol. The van der Waals surface area contributed by atoms with Crippen molar-refractivity contribution in [2.45, 2.75) is 6.18 Å². The highest BCUT2D eigenvalue weighted by molar-refractivity contribution is 5.95. The topological polar surface area (TPSA) is 72.7 Å². The molecule has 9 heteroatoms. The van der Waals surface area contributed by atoms with E-state index in [0.717, 1.165) is 0 Å². The summed E-state index contributed by atoms with van der Waals surface area (Å²) in [5, 5.41) is 12.1. The van der Waals surface area contributed by atoms with Gasteiger partial charge in [-0.1, -0.05) is 6.07 Å². The number of carbonyl (C=O) groups is 1. The first-order valence-corrected chi connectivity index (χ1v) is 4.68. The highest BCUT2D eigenvalue weighted by Crippen LogP contribution is 2.19. The number of nitrogens with one attached hydrogen (secondary N) is 1. The van der Waals surface area contributed by atoms with Crippen LogP contribution in [0.1, 0.15) is 0 Å². The Kier molecular flexibility index (Phi) is 2.96. The van der Waals surface area contributed by atoms with Gasteiger partial charge in [0.15, 0.2) is 0 Å². The summed E-state index contributed by atoms with van der Waals surface area (Å²) < 4.78 is 37.4. The van der Waals surface area contributed by atoms with Gasteiger partial charge in [0.05, 0.1) is 5.69 Å². The van der Waals surface area contributed by atoms with Crippen molar-refractivity contribution in [3.8, 4) is 5.69 Å². The summed E-state index contributed by atoms with van der Waals surface area (Å²) in [6.45, 7) is 0. The van der Waals surface area contributed by atoms with Gasteiger partial charge in [-0.05, 0) is 28.6 Å². The summed E-state index contributed by atoms with van der Waals surface area (Å²) in [6, 6.07) is 5.71. The Morgan fingerprint density at radius 2 is 2.11 bits per heavy atom. The normalized spacial score (nSPS) is 11.3. The fourth-order valence-corrected chi connectivity index (χ4v) is 1.21. The first-order valence-electron chi connectivity index (χ1n) is 4.68. The molecule has 0 aliphatic carbocycles. The van der Waals surface area contributed by atoms with Gasteiger partial charge >= 0.3 is 12.1 Å². The summed E-state index contributed by atoms with van der Waals surface area (Å²) in [5.41, 5.74) is 0.435. The lowest BCUT2D eigenvalue weighted by Gasteiger charge is -2.08. The second-order valence-corrected chi connectivity index (χ2v) is 3.26. The van der Waals surface area contributed by atoms with E-state index in [1.165, 1.54) is 29.2 Å². The molecule has 0 fully saturated rings. The van der Waals surface area contributed by atoms with Gasteiger partial charge in [-0.15, -0.1) is 5.10 Å². The molecule has 0 bridgehead atoms. The molecule has 1 aromatic heterocycles. The molecule has 18 heavy (non-hydrogen) atoms. The quantitative estimate of drug-likeness (QED) is 0.876. The minimum absolute atomic E-state index is 0.00493. The third-order valence-electron chi connectivity index (χ3n) is 1.98. The van der Waals surface area contributed by atoms with Crippen molar-refractivity contribution in [1.29, 1.82) is 0 Å². The highest BCUT2D eigenvalue weighted by atomic mass is 19.4. The number of anilines is 1. The largest absolute Gasteiger partial charge is 0.471 e. The van der Waals surface area contributed by atoms with Crippen molar-refractivity contribution in [3.63, 3.8) is 0 Å². The SMILES string of the molecule is O=C(Nc1cccc(-n2cnnn2)c1)C(F)(F)F. The number of tetrazole rings is 1. The summed E-state index contributed by atoms with van der Waals surface area (Å²) in [4.78, 5) is 10.7. The van der Waals surface area contributed by atoms with E-state index in [0.29, 0.717) is 5.69 Å². The van der Waals surface area contributed by atoms with Gasteiger partial charge in [0.2, 0.25) is 0 Å². The Bertz CT molecular complexity index is 552. The number of nitrogens with zero attached hydrogens (tertiary/aromatic N) is 4. The lowest BCUT2D eigenvalue weighted by atomic mass is 10.3.